The maximum absolute atomic E-state index is 12.2. The summed E-state index contributed by atoms with van der Waals surface area (Å²) < 4.78 is 11.5. The van der Waals surface area contributed by atoms with E-state index in [1.54, 1.807) is 0 Å². The van der Waals surface area contributed by atoms with E-state index in [1.165, 1.54) is 16.6 Å². The molecule has 5 heteroatoms. The third-order valence-corrected chi connectivity index (χ3v) is 5.74. The number of likely N-dealkylation sites (tertiary alicyclic amines) is 1. The number of amides is 1. The lowest BCUT2D eigenvalue weighted by Gasteiger charge is -2.35. The lowest BCUT2D eigenvalue weighted by atomic mass is 9.84. The highest BCUT2D eigenvalue weighted by atomic mass is 16.6. The number of benzene rings is 1. The number of hydrogen-bond donors (Lipinski definition) is 0. The van der Waals surface area contributed by atoms with Crippen LogP contribution in [0.4, 0.5) is 4.79 Å². The summed E-state index contributed by atoms with van der Waals surface area (Å²) in [4.78, 5) is 14.0. The predicted molar refractivity (Wildman–Crippen MR) is 114 cm³/mol. The van der Waals surface area contributed by atoms with Crippen LogP contribution in [0, 0.1) is 25.7 Å². The second-order valence-electron chi connectivity index (χ2n) is 9.10. The first-order valence-electron chi connectivity index (χ1n) is 10.3. The highest BCUT2D eigenvalue weighted by Crippen LogP contribution is 2.28. The second-order valence-corrected chi connectivity index (χ2v) is 9.10. The second kappa shape index (κ2) is 9.03. The van der Waals surface area contributed by atoms with Crippen LogP contribution in [0.5, 0.6) is 5.75 Å². The summed E-state index contributed by atoms with van der Waals surface area (Å²) in [6.45, 7) is 14.7. The van der Waals surface area contributed by atoms with Crippen LogP contribution in [0.15, 0.2) is 12.1 Å². The Morgan fingerprint density at radius 2 is 1.78 bits per heavy atom. The molecule has 0 bridgehead atoms. The van der Waals surface area contributed by atoms with Crippen LogP contribution < -0.4 is 10.2 Å². The van der Waals surface area contributed by atoms with Gasteiger partial charge in [0.25, 0.3) is 0 Å². The van der Waals surface area contributed by atoms with Gasteiger partial charge in [-0.1, -0.05) is 23.5 Å². The molecule has 0 aromatic heterocycles. The highest BCUT2D eigenvalue weighted by Gasteiger charge is 2.29. The fraction of sp³-hybridized carbons (Fsp3) is 0.682. The molecule has 1 aliphatic rings. The van der Waals surface area contributed by atoms with E-state index in [9.17, 15) is 4.79 Å². The Balaban J connectivity index is 1.75. The maximum atomic E-state index is 12.2. The average molecular weight is 373 g/mol. The lowest BCUT2D eigenvalue weighted by molar-refractivity contribution is 0.0158. The zero-order chi connectivity index (χ0) is 20.2. The number of hydrogen-bond acceptors (Lipinski definition) is 3. The van der Waals surface area contributed by atoms with Gasteiger partial charge in [-0.15, -0.1) is 0 Å². The lowest BCUT2D eigenvalue weighted by Crippen LogP contribution is -2.42. The van der Waals surface area contributed by atoms with E-state index in [1.807, 2.05) is 25.7 Å². The van der Waals surface area contributed by atoms with Crippen LogP contribution in [0.25, 0.3) is 0 Å². The van der Waals surface area contributed by atoms with Crippen molar-refractivity contribution in [3.05, 3.63) is 23.3 Å². The molecule has 1 heterocycles. The number of nitrogens with zero attached hydrogens (tertiary/aromatic N) is 1. The van der Waals surface area contributed by atoms with Crippen molar-refractivity contribution in [3.63, 3.8) is 0 Å². The molecule has 1 aromatic rings. The molecule has 1 amide bonds. The van der Waals surface area contributed by atoms with Gasteiger partial charge >= 0.3 is 6.09 Å². The van der Waals surface area contributed by atoms with Crippen molar-refractivity contribution < 1.29 is 14.3 Å². The fourth-order valence-electron chi connectivity index (χ4n) is 3.66. The molecule has 0 spiro atoms. The van der Waals surface area contributed by atoms with E-state index in [2.05, 4.69) is 40.8 Å². The van der Waals surface area contributed by atoms with Crippen molar-refractivity contribution in [1.29, 1.82) is 0 Å². The van der Waals surface area contributed by atoms with Crippen LogP contribution in [0.1, 0.15) is 58.1 Å². The Labute approximate surface area is 166 Å². The van der Waals surface area contributed by atoms with Gasteiger partial charge in [-0.25, -0.2) is 4.79 Å². The van der Waals surface area contributed by atoms with Gasteiger partial charge in [0.2, 0.25) is 0 Å². The summed E-state index contributed by atoms with van der Waals surface area (Å²) in [5.74, 6) is 2.22. The first-order valence-corrected chi connectivity index (χ1v) is 10.3. The Morgan fingerprint density at radius 1 is 1.22 bits per heavy atom. The van der Waals surface area contributed by atoms with E-state index in [-0.39, 0.29) is 6.09 Å². The van der Waals surface area contributed by atoms with Gasteiger partial charge in [-0.05, 0) is 77.8 Å². The summed E-state index contributed by atoms with van der Waals surface area (Å²) in [6.07, 6.45) is 2.96. The Kier molecular flexibility index (Phi) is 7.24. The van der Waals surface area contributed by atoms with Crippen LogP contribution in [-0.2, 0) is 4.74 Å². The normalized spacial score (nSPS) is 16.9. The van der Waals surface area contributed by atoms with Gasteiger partial charge in [0.15, 0.2) is 0 Å². The zero-order valence-electron chi connectivity index (χ0n) is 18.2. The smallest absolute Gasteiger partial charge is 0.410 e. The minimum absolute atomic E-state index is 0.179. The van der Waals surface area contributed by atoms with E-state index in [0.29, 0.717) is 11.8 Å². The molecular weight excluding hydrogens is 337 g/mol. The van der Waals surface area contributed by atoms with Gasteiger partial charge in [-0.3, -0.25) is 0 Å². The van der Waals surface area contributed by atoms with E-state index in [0.717, 1.165) is 44.7 Å². The number of carbonyl (C=O) groups excluding carboxylic acids is 1. The Hall–Kier alpha value is -1.65. The van der Waals surface area contributed by atoms with Crippen molar-refractivity contribution in [3.8, 4) is 5.75 Å². The molecule has 150 valence electrons. The summed E-state index contributed by atoms with van der Waals surface area (Å²) in [5, 5.41) is 0. The number of piperidine rings is 1. The molecule has 0 N–H and O–H groups in total. The molecule has 1 aliphatic heterocycles. The standard InChI is InChI=1S/C22H36BNO3/c1-15(9-12-26-19-13-16(2)20(23)17(3)14-19)18-7-10-24(11-8-18)21(25)27-22(4,5)6/h13-15,18H,7-12,23H2,1-6H3/t15-/m1/s1. The maximum Gasteiger partial charge on any atom is 0.410 e. The van der Waals surface area contributed by atoms with E-state index < -0.39 is 5.60 Å². The van der Waals surface area contributed by atoms with Crippen molar-refractivity contribution in [2.24, 2.45) is 11.8 Å². The van der Waals surface area contributed by atoms with E-state index >= 15 is 0 Å². The molecule has 1 saturated heterocycles. The summed E-state index contributed by atoms with van der Waals surface area (Å²) >= 11 is 0. The van der Waals surface area contributed by atoms with Crippen molar-refractivity contribution in [2.45, 2.75) is 66.4 Å². The first-order chi connectivity index (χ1) is 12.6. The average Bonchev–Trinajstić information content (AvgIpc) is 2.58. The molecule has 0 radical (unpaired) electrons. The minimum Gasteiger partial charge on any atom is -0.494 e. The van der Waals surface area contributed by atoms with Crippen LogP contribution in [-0.4, -0.2) is 44.1 Å². The SMILES string of the molecule is Bc1c(C)cc(OCC[C@@H](C)C2CCN(C(=O)OC(C)(C)C)CC2)cc1C. The number of ether oxygens (including phenoxy) is 2. The number of carbonyl (C=O) groups is 1. The third-order valence-electron chi connectivity index (χ3n) is 5.74. The first kappa shape index (κ1) is 21.7. The van der Waals surface area contributed by atoms with Gasteiger partial charge < -0.3 is 14.4 Å². The molecule has 4 nitrogen and oxygen atoms in total. The van der Waals surface area contributed by atoms with Gasteiger partial charge in [0.05, 0.1) is 6.61 Å². The number of rotatable bonds is 5. The van der Waals surface area contributed by atoms with Crippen LogP contribution >= 0.6 is 0 Å². The molecule has 0 aliphatic carbocycles. The molecule has 1 aromatic carbocycles. The van der Waals surface area contributed by atoms with Crippen molar-refractivity contribution >= 4 is 19.4 Å². The zero-order valence-corrected chi connectivity index (χ0v) is 18.2. The topological polar surface area (TPSA) is 38.8 Å². The third kappa shape index (κ3) is 6.48. The van der Waals surface area contributed by atoms with Gasteiger partial charge in [0.1, 0.15) is 19.2 Å². The minimum atomic E-state index is -0.425. The van der Waals surface area contributed by atoms with Gasteiger partial charge in [0, 0.05) is 13.1 Å². The molecule has 0 unspecified atom stereocenters. The molecule has 27 heavy (non-hydrogen) atoms. The van der Waals surface area contributed by atoms with Crippen molar-refractivity contribution in [1.82, 2.24) is 4.90 Å². The highest BCUT2D eigenvalue weighted by molar-refractivity contribution is 6.34. The van der Waals surface area contributed by atoms with Crippen LogP contribution in [0.2, 0.25) is 0 Å². The van der Waals surface area contributed by atoms with E-state index in [4.69, 9.17) is 9.47 Å². The molecule has 2 rings (SSSR count). The monoisotopic (exact) mass is 373 g/mol. The predicted octanol–water partition coefficient (Wildman–Crippen LogP) is 3.61. The van der Waals surface area contributed by atoms with Crippen LogP contribution in [0.3, 0.4) is 0 Å². The molecule has 1 atom stereocenters. The fourth-order valence-corrected chi connectivity index (χ4v) is 3.66. The largest absolute Gasteiger partial charge is 0.494 e. The molecule has 1 fully saturated rings. The summed E-state index contributed by atoms with van der Waals surface area (Å²) in [7, 11) is 2.15. The van der Waals surface area contributed by atoms with Crippen molar-refractivity contribution in [2.75, 3.05) is 19.7 Å². The number of aryl methyl sites for hydroxylation is 2. The molecule has 0 saturated carbocycles. The Bertz CT molecular complexity index is 622. The summed E-state index contributed by atoms with van der Waals surface area (Å²) in [5.41, 5.74) is 3.48. The quantitative estimate of drug-likeness (QED) is 0.740. The summed E-state index contributed by atoms with van der Waals surface area (Å²) in [6, 6.07) is 4.26. The molecular formula is C22H36BNO3. The Morgan fingerprint density at radius 3 is 2.30 bits per heavy atom. The van der Waals surface area contributed by atoms with Gasteiger partial charge in [-0.2, -0.15) is 0 Å².